The number of halogens is 1. The molecule has 5 heteroatoms. The van der Waals surface area contributed by atoms with Gasteiger partial charge in [-0.15, -0.1) is 0 Å². The second-order valence-electron chi connectivity index (χ2n) is 5.37. The lowest BCUT2D eigenvalue weighted by Crippen LogP contribution is -2.49. The molecule has 1 heterocycles. The highest BCUT2D eigenvalue weighted by atomic mass is 79.9. The Kier molecular flexibility index (Phi) is 6.06. The fourth-order valence-electron chi connectivity index (χ4n) is 2.87. The molecule has 1 aromatic carbocycles. The summed E-state index contributed by atoms with van der Waals surface area (Å²) in [5, 5.41) is 6.18. The quantitative estimate of drug-likeness (QED) is 0.855. The maximum atomic E-state index is 12.2. The summed E-state index contributed by atoms with van der Waals surface area (Å²) in [6, 6.07) is 6.28. The van der Waals surface area contributed by atoms with Crippen LogP contribution in [-0.4, -0.2) is 32.1 Å². The number of hydrogen-bond donors (Lipinski definition) is 2. The molecule has 2 N–H and O–H groups in total. The molecule has 1 aliphatic heterocycles. The first-order chi connectivity index (χ1) is 10.2. The van der Waals surface area contributed by atoms with Crippen LogP contribution >= 0.6 is 15.9 Å². The zero-order chi connectivity index (χ0) is 15.2. The minimum atomic E-state index is -0.0570. The molecule has 116 valence electrons. The van der Waals surface area contributed by atoms with Crippen molar-refractivity contribution in [3.8, 4) is 0 Å². The number of benzene rings is 1. The summed E-state index contributed by atoms with van der Waals surface area (Å²) in [5.74, 6) is 0.115. The van der Waals surface area contributed by atoms with Crippen LogP contribution in [0.5, 0.6) is 0 Å². The van der Waals surface area contributed by atoms with Crippen molar-refractivity contribution in [1.82, 2.24) is 10.6 Å². The summed E-state index contributed by atoms with van der Waals surface area (Å²) < 4.78 is 1.05. The van der Waals surface area contributed by atoms with Crippen molar-refractivity contribution in [3.05, 3.63) is 28.2 Å². The second kappa shape index (κ2) is 7.80. The van der Waals surface area contributed by atoms with Gasteiger partial charge in [-0.05, 0) is 43.5 Å². The zero-order valence-electron chi connectivity index (χ0n) is 12.8. The maximum absolute atomic E-state index is 12.2. The van der Waals surface area contributed by atoms with Gasteiger partial charge in [0.2, 0.25) is 5.91 Å². The van der Waals surface area contributed by atoms with Gasteiger partial charge in [0, 0.05) is 30.3 Å². The number of hydrogen-bond acceptors (Lipinski definition) is 3. The van der Waals surface area contributed by atoms with E-state index in [0.29, 0.717) is 0 Å². The summed E-state index contributed by atoms with van der Waals surface area (Å²) in [6.45, 7) is 4.81. The molecule has 4 nitrogen and oxygen atoms in total. The van der Waals surface area contributed by atoms with Gasteiger partial charge < -0.3 is 15.5 Å². The summed E-state index contributed by atoms with van der Waals surface area (Å²) in [5.41, 5.74) is 2.41. The molecule has 0 radical (unpaired) electrons. The van der Waals surface area contributed by atoms with Crippen molar-refractivity contribution in [2.75, 3.05) is 25.0 Å². The number of carbonyl (C=O) groups is 1. The third-order valence-electron chi connectivity index (χ3n) is 3.97. The largest absolute Gasteiger partial charge is 0.359 e. The molecule has 1 saturated heterocycles. The molecule has 1 aliphatic rings. The molecule has 0 aliphatic carbocycles. The van der Waals surface area contributed by atoms with Gasteiger partial charge in [-0.3, -0.25) is 4.79 Å². The highest BCUT2D eigenvalue weighted by Gasteiger charge is 2.29. The van der Waals surface area contributed by atoms with E-state index in [1.165, 1.54) is 11.3 Å². The lowest BCUT2D eigenvalue weighted by Gasteiger charge is -2.37. The first-order valence-corrected chi connectivity index (χ1v) is 8.44. The number of amides is 1. The van der Waals surface area contributed by atoms with Gasteiger partial charge in [-0.25, -0.2) is 0 Å². The van der Waals surface area contributed by atoms with Crippen LogP contribution in [0.3, 0.4) is 0 Å². The van der Waals surface area contributed by atoms with Crippen molar-refractivity contribution in [2.24, 2.45) is 0 Å². The highest BCUT2D eigenvalue weighted by molar-refractivity contribution is 9.10. The van der Waals surface area contributed by atoms with Crippen LogP contribution in [0.4, 0.5) is 5.69 Å². The number of nitrogens with zero attached hydrogens (tertiary/aromatic N) is 1. The van der Waals surface area contributed by atoms with Crippen LogP contribution < -0.4 is 15.5 Å². The summed E-state index contributed by atoms with van der Waals surface area (Å²) >= 11 is 3.56. The van der Waals surface area contributed by atoms with Crippen LogP contribution in [0, 0.1) is 0 Å². The Bertz CT molecular complexity index is 492. The van der Waals surface area contributed by atoms with Crippen molar-refractivity contribution in [1.29, 1.82) is 0 Å². The highest BCUT2D eigenvalue weighted by Crippen LogP contribution is 2.30. The van der Waals surface area contributed by atoms with Gasteiger partial charge in [0.25, 0.3) is 0 Å². The molecule has 21 heavy (non-hydrogen) atoms. The molecule has 0 saturated carbocycles. The van der Waals surface area contributed by atoms with Crippen molar-refractivity contribution in [2.45, 2.75) is 38.8 Å². The van der Waals surface area contributed by atoms with E-state index in [4.69, 9.17) is 0 Å². The molecule has 2 rings (SSSR count). The first kappa shape index (κ1) is 16.3. The number of anilines is 1. The third kappa shape index (κ3) is 3.98. The van der Waals surface area contributed by atoms with Crippen molar-refractivity contribution < 1.29 is 4.79 Å². The fraction of sp³-hybridized carbons (Fsp3) is 0.562. The van der Waals surface area contributed by atoms with Gasteiger partial charge in [0.15, 0.2) is 0 Å². The van der Waals surface area contributed by atoms with Crippen LogP contribution in [0.1, 0.15) is 31.7 Å². The number of nitrogens with one attached hydrogen (secondary N) is 2. The second-order valence-corrected chi connectivity index (χ2v) is 6.29. The molecule has 1 atom stereocenters. The number of likely N-dealkylation sites (N-methyl/N-ethyl adjacent to an activating group) is 1. The Morgan fingerprint density at radius 1 is 1.43 bits per heavy atom. The Morgan fingerprint density at radius 2 is 2.24 bits per heavy atom. The molecule has 1 fully saturated rings. The van der Waals surface area contributed by atoms with Gasteiger partial charge in [0.05, 0.1) is 0 Å². The smallest absolute Gasteiger partial charge is 0.242 e. The Hall–Kier alpha value is -1.07. The minimum absolute atomic E-state index is 0.0570. The van der Waals surface area contributed by atoms with Crippen molar-refractivity contribution >= 4 is 27.5 Å². The molecule has 0 spiro atoms. The standard InChI is InChI=1S/C16H24BrN3O/c1-3-19-11-12-7-8-13(17)10-15(12)20-9-5-4-6-14(20)16(21)18-2/h7-8,10,14,19H,3-6,9,11H2,1-2H3,(H,18,21). The molecular weight excluding hydrogens is 330 g/mol. The van der Waals surface area contributed by atoms with Crippen LogP contribution in [-0.2, 0) is 11.3 Å². The zero-order valence-corrected chi connectivity index (χ0v) is 14.4. The first-order valence-electron chi connectivity index (χ1n) is 7.64. The third-order valence-corrected chi connectivity index (χ3v) is 4.47. The van der Waals surface area contributed by atoms with Gasteiger partial charge in [0.1, 0.15) is 6.04 Å². The predicted molar refractivity (Wildman–Crippen MR) is 90.6 cm³/mol. The predicted octanol–water partition coefficient (Wildman–Crippen LogP) is 2.66. The van der Waals surface area contributed by atoms with E-state index in [9.17, 15) is 4.79 Å². The minimum Gasteiger partial charge on any atom is -0.359 e. The van der Waals surface area contributed by atoms with E-state index in [1.54, 1.807) is 7.05 Å². The Balaban J connectivity index is 2.32. The van der Waals surface area contributed by atoms with Crippen LogP contribution in [0.15, 0.2) is 22.7 Å². The topological polar surface area (TPSA) is 44.4 Å². The van der Waals surface area contributed by atoms with Crippen molar-refractivity contribution in [3.63, 3.8) is 0 Å². The van der Waals surface area contributed by atoms with E-state index < -0.39 is 0 Å². The van der Waals surface area contributed by atoms with Crippen LogP contribution in [0.2, 0.25) is 0 Å². The van der Waals surface area contributed by atoms with Gasteiger partial charge in [-0.1, -0.05) is 28.9 Å². The number of piperidine rings is 1. The Morgan fingerprint density at radius 3 is 2.95 bits per heavy atom. The lowest BCUT2D eigenvalue weighted by atomic mass is 9.99. The maximum Gasteiger partial charge on any atom is 0.242 e. The molecule has 0 bridgehead atoms. The Labute approximate surface area is 135 Å². The SMILES string of the molecule is CCNCc1ccc(Br)cc1N1CCCCC1C(=O)NC. The molecule has 0 aromatic heterocycles. The summed E-state index contributed by atoms with van der Waals surface area (Å²) in [6.07, 6.45) is 3.18. The molecule has 1 amide bonds. The fourth-order valence-corrected chi connectivity index (χ4v) is 3.22. The van der Waals surface area contributed by atoms with Gasteiger partial charge >= 0.3 is 0 Å². The van der Waals surface area contributed by atoms with Crippen LogP contribution in [0.25, 0.3) is 0 Å². The average molecular weight is 354 g/mol. The monoisotopic (exact) mass is 353 g/mol. The average Bonchev–Trinajstić information content (AvgIpc) is 2.53. The van der Waals surface area contributed by atoms with E-state index in [0.717, 1.165) is 43.4 Å². The lowest BCUT2D eigenvalue weighted by molar-refractivity contribution is -0.122. The normalized spacial score (nSPS) is 18.6. The van der Waals surface area contributed by atoms with E-state index in [1.807, 2.05) is 0 Å². The molecule has 1 unspecified atom stereocenters. The van der Waals surface area contributed by atoms with E-state index in [2.05, 4.69) is 56.6 Å². The summed E-state index contributed by atoms with van der Waals surface area (Å²) in [4.78, 5) is 14.4. The summed E-state index contributed by atoms with van der Waals surface area (Å²) in [7, 11) is 1.72. The van der Waals surface area contributed by atoms with Gasteiger partial charge in [-0.2, -0.15) is 0 Å². The van der Waals surface area contributed by atoms with E-state index in [-0.39, 0.29) is 11.9 Å². The molecule has 1 aromatic rings. The number of rotatable bonds is 5. The number of carbonyl (C=O) groups excluding carboxylic acids is 1. The van der Waals surface area contributed by atoms with E-state index >= 15 is 0 Å². The molecular formula is C16H24BrN3O.